The molecule has 222 valence electrons. The van der Waals surface area contributed by atoms with Crippen LogP contribution in [0.15, 0.2) is 100 Å². The van der Waals surface area contributed by atoms with Crippen LogP contribution in [-0.4, -0.2) is 41.1 Å². The van der Waals surface area contributed by atoms with Crippen molar-refractivity contribution >= 4 is 51.2 Å². The minimum atomic E-state index is -0.653. The molecule has 1 aliphatic rings. The molecule has 1 aromatic heterocycles. The van der Waals surface area contributed by atoms with Crippen LogP contribution in [0.25, 0.3) is 0 Å². The summed E-state index contributed by atoms with van der Waals surface area (Å²) < 4.78 is 19.8. The van der Waals surface area contributed by atoms with Gasteiger partial charge in [-0.25, -0.2) is 9.48 Å². The van der Waals surface area contributed by atoms with E-state index in [1.54, 1.807) is 11.8 Å². The van der Waals surface area contributed by atoms with Crippen molar-refractivity contribution in [2.24, 2.45) is 0 Å². The molecule has 1 N–H and O–H groups in total. The average molecular weight is 682 g/mol. The van der Waals surface area contributed by atoms with Gasteiger partial charge >= 0.3 is 5.97 Å². The van der Waals surface area contributed by atoms with Gasteiger partial charge in [0.05, 0.1) is 23.8 Å². The Labute approximate surface area is 268 Å². The lowest BCUT2D eigenvalue weighted by molar-refractivity contribution is -0.138. The molecule has 1 atom stereocenters. The molecule has 0 fully saturated rings. The van der Waals surface area contributed by atoms with Crippen LogP contribution in [0.5, 0.6) is 11.5 Å². The van der Waals surface area contributed by atoms with Crippen LogP contribution in [0.2, 0.25) is 5.02 Å². The molecule has 0 spiro atoms. The molecular weight excluding hydrogens is 652 g/mol. The van der Waals surface area contributed by atoms with E-state index in [0.717, 1.165) is 17.5 Å². The van der Waals surface area contributed by atoms with Crippen molar-refractivity contribution in [3.63, 3.8) is 0 Å². The van der Waals surface area contributed by atoms with Gasteiger partial charge in [-0.15, -0.1) is 5.10 Å². The number of rotatable bonds is 12. The number of methoxy groups -OCH3 is 1. The van der Waals surface area contributed by atoms with Crippen molar-refractivity contribution in [1.82, 2.24) is 14.8 Å². The van der Waals surface area contributed by atoms with Gasteiger partial charge in [0.25, 0.3) is 0 Å². The zero-order chi connectivity index (χ0) is 30.3. The molecule has 11 heteroatoms. The van der Waals surface area contributed by atoms with E-state index in [-0.39, 0.29) is 6.61 Å². The SMILES string of the molecule is C=CCOC(=O)C1=C(C)Nc2nc(SCc3ccccc3Cl)nn2C1c1cc(Br)c(OCCc2ccccc2)c(OC)c1. The molecule has 1 unspecified atom stereocenters. The van der Waals surface area contributed by atoms with Gasteiger partial charge in [-0.1, -0.05) is 84.5 Å². The predicted molar refractivity (Wildman–Crippen MR) is 173 cm³/mol. The Balaban J connectivity index is 1.48. The number of allylic oxidation sites excluding steroid dienone is 1. The summed E-state index contributed by atoms with van der Waals surface area (Å²) in [4.78, 5) is 18.1. The van der Waals surface area contributed by atoms with E-state index < -0.39 is 12.0 Å². The number of nitrogens with one attached hydrogen (secondary N) is 1. The van der Waals surface area contributed by atoms with Crippen molar-refractivity contribution < 1.29 is 19.0 Å². The number of hydrogen-bond acceptors (Lipinski definition) is 8. The molecular formula is C32H30BrClN4O4S. The maximum Gasteiger partial charge on any atom is 0.338 e. The first-order chi connectivity index (χ1) is 20.9. The second kappa shape index (κ2) is 14.2. The third-order valence-electron chi connectivity index (χ3n) is 6.75. The molecule has 4 aromatic rings. The van der Waals surface area contributed by atoms with Crippen LogP contribution in [0.3, 0.4) is 0 Å². The molecule has 3 aromatic carbocycles. The molecule has 0 bridgehead atoms. The van der Waals surface area contributed by atoms with Crippen LogP contribution < -0.4 is 14.8 Å². The normalized spacial score (nSPS) is 14.1. The first-order valence-corrected chi connectivity index (χ1v) is 15.7. The Bertz CT molecular complexity index is 1660. The number of aromatic nitrogens is 3. The highest BCUT2D eigenvalue weighted by Gasteiger charge is 2.36. The lowest BCUT2D eigenvalue weighted by atomic mass is 9.95. The number of anilines is 1. The summed E-state index contributed by atoms with van der Waals surface area (Å²) in [6.45, 7) is 6.02. The topological polar surface area (TPSA) is 87.5 Å². The van der Waals surface area contributed by atoms with E-state index in [1.165, 1.54) is 23.4 Å². The highest BCUT2D eigenvalue weighted by molar-refractivity contribution is 9.10. The number of carbonyl (C=O) groups is 1. The molecule has 0 saturated heterocycles. The van der Waals surface area contributed by atoms with Gasteiger partial charge in [0.15, 0.2) is 11.5 Å². The summed E-state index contributed by atoms with van der Waals surface area (Å²) in [5.41, 5.74) is 3.90. The second-order valence-electron chi connectivity index (χ2n) is 9.61. The zero-order valence-corrected chi connectivity index (χ0v) is 26.8. The minimum Gasteiger partial charge on any atom is -0.493 e. The lowest BCUT2D eigenvalue weighted by Gasteiger charge is -2.28. The number of fused-ring (bicyclic) bond motifs is 1. The minimum absolute atomic E-state index is 0.0761. The standard InChI is InChI=1S/C32H30BrClN4O4S/c1-4-15-42-30(39)27-20(2)35-31-36-32(43-19-22-12-8-9-13-25(22)34)37-38(31)28(27)23-17-24(33)29(26(18-23)40-3)41-16-14-21-10-6-5-7-11-21/h4-13,17-18,28H,1,14-16,19H2,2-3H3,(H,35,36,37). The summed E-state index contributed by atoms with van der Waals surface area (Å²) in [7, 11) is 1.59. The first kappa shape index (κ1) is 30.7. The van der Waals surface area contributed by atoms with Crippen LogP contribution in [-0.2, 0) is 21.7 Å². The number of halogens is 2. The fourth-order valence-electron chi connectivity index (χ4n) is 4.69. The van der Waals surface area contributed by atoms with Crippen molar-refractivity contribution in [3.05, 3.63) is 117 Å². The van der Waals surface area contributed by atoms with Gasteiger partial charge in [0.2, 0.25) is 11.1 Å². The number of carbonyl (C=O) groups excluding carboxylic acids is 1. The Morgan fingerprint density at radius 2 is 1.95 bits per heavy atom. The summed E-state index contributed by atoms with van der Waals surface area (Å²) in [6.07, 6.45) is 2.27. The second-order valence-corrected chi connectivity index (χ2v) is 11.8. The molecule has 2 heterocycles. The van der Waals surface area contributed by atoms with Crippen molar-refractivity contribution in [2.75, 3.05) is 25.6 Å². The Morgan fingerprint density at radius 1 is 1.19 bits per heavy atom. The quantitative estimate of drug-likeness (QED) is 0.0928. The van der Waals surface area contributed by atoms with E-state index in [9.17, 15) is 4.79 Å². The lowest BCUT2D eigenvalue weighted by Crippen LogP contribution is -2.29. The number of hydrogen-bond donors (Lipinski definition) is 1. The average Bonchev–Trinajstić information content (AvgIpc) is 3.42. The third-order valence-corrected chi connectivity index (χ3v) is 8.59. The maximum atomic E-state index is 13.4. The summed E-state index contributed by atoms with van der Waals surface area (Å²) in [5.74, 6) is 1.69. The first-order valence-electron chi connectivity index (χ1n) is 13.5. The van der Waals surface area contributed by atoms with Gasteiger partial charge in [-0.3, -0.25) is 0 Å². The Kier molecular flexibility index (Phi) is 10.1. The van der Waals surface area contributed by atoms with Crippen molar-refractivity contribution in [1.29, 1.82) is 0 Å². The zero-order valence-electron chi connectivity index (χ0n) is 23.7. The van der Waals surface area contributed by atoms with Crippen LogP contribution in [0, 0.1) is 0 Å². The Morgan fingerprint density at radius 3 is 2.70 bits per heavy atom. The molecule has 1 aliphatic heterocycles. The van der Waals surface area contributed by atoms with E-state index in [4.69, 9.17) is 35.9 Å². The van der Waals surface area contributed by atoms with Gasteiger partial charge < -0.3 is 19.5 Å². The maximum absolute atomic E-state index is 13.4. The van der Waals surface area contributed by atoms with E-state index in [0.29, 0.717) is 55.7 Å². The summed E-state index contributed by atoms with van der Waals surface area (Å²) in [6, 6.07) is 20.9. The third kappa shape index (κ3) is 7.09. The van der Waals surface area contributed by atoms with Crippen LogP contribution >= 0.6 is 39.3 Å². The highest BCUT2D eigenvalue weighted by Crippen LogP contribution is 2.43. The van der Waals surface area contributed by atoms with E-state index in [1.807, 2.05) is 61.5 Å². The van der Waals surface area contributed by atoms with Gasteiger partial charge in [0.1, 0.15) is 12.6 Å². The van der Waals surface area contributed by atoms with E-state index >= 15 is 0 Å². The number of nitrogens with zero attached hydrogens (tertiary/aromatic N) is 3. The predicted octanol–water partition coefficient (Wildman–Crippen LogP) is 7.63. The number of thioether (sulfide) groups is 1. The Hall–Kier alpha value is -3.73. The van der Waals surface area contributed by atoms with Crippen LogP contribution in [0.1, 0.15) is 29.7 Å². The van der Waals surface area contributed by atoms with Gasteiger partial charge in [0, 0.05) is 22.9 Å². The molecule has 43 heavy (non-hydrogen) atoms. The molecule has 0 saturated carbocycles. The molecule has 8 nitrogen and oxygen atoms in total. The number of esters is 1. The largest absolute Gasteiger partial charge is 0.493 e. The van der Waals surface area contributed by atoms with Crippen LogP contribution in [0.4, 0.5) is 5.95 Å². The van der Waals surface area contributed by atoms with Crippen molar-refractivity contribution in [2.45, 2.75) is 30.3 Å². The number of benzene rings is 3. The summed E-state index contributed by atoms with van der Waals surface area (Å²) >= 11 is 11.5. The highest BCUT2D eigenvalue weighted by atomic mass is 79.9. The molecule has 0 radical (unpaired) electrons. The monoisotopic (exact) mass is 680 g/mol. The summed E-state index contributed by atoms with van der Waals surface area (Å²) in [5, 5.41) is 9.25. The fourth-order valence-corrected chi connectivity index (χ4v) is 6.38. The molecule has 0 amide bonds. The van der Waals surface area contributed by atoms with Gasteiger partial charge in [-0.05, 0) is 57.7 Å². The van der Waals surface area contributed by atoms with Gasteiger partial charge in [-0.2, -0.15) is 4.98 Å². The van der Waals surface area contributed by atoms with E-state index in [2.05, 4.69) is 40.0 Å². The smallest absolute Gasteiger partial charge is 0.338 e. The van der Waals surface area contributed by atoms with Crippen molar-refractivity contribution in [3.8, 4) is 11.5 Å². The molecule has 5 rings (SSSR count). The fraction of sp³-hybridized carbons (Fsp3) is 0.219. The number of ether oxygens (including phenoxy) is 3. The molecule has 0 aliphatic carbocycles.